The van der Waals surface area contributed by atoms with Gasteiger partial charge in [0.15, 0.2) is 0 Å². The number of allylic oxidation sites excluding steroid dienone is 2. The number of rotatable bonds is 6. The number of methoxy groups -OCH3 is 1. The molecule has 5 rings (SSSR count). The van der Waals surface area contributed by atoms with Gasteiger partial charge in [0.2, 0.25) is 0 Å². The van der Waals surface area contributed by atoms with Crippen molar-refractivity contribution in [2.45, 2.75) is 23.3 Å². The molecule has 3 aromatic carbocycles. The highest BCUT2D eigenvalue weighted by Gasteiger charge is 2.39. The van der Waals surface area contributed by atoms with E-state index in [-0.39, 0.29) is 28.3 Å². The topological polar surface area (TPSA) is 105 Å². The van der Waals surface area contributed by atoms with Crippen LogP contribution in [-0.2, 0) is 10.0 Å². The van der Waals surface area contributed by atoms with E-state index in [2.05, 4.69) is 22.2 Å². The molecule has 0 unspecified atom stereocenters. The molecular formula is C26H24N2O5S. The van der Waals surface area contributed by atoms with Gasteiger partial charge in [0, 0.05) is 11.6 Å². The Hall–Kier alpha value is -3.78. The minimum Gasteiger partial charge on any atom is -0.495 e. The highest BCUT2D eigenvalue weighted by Crippen LogP contribution is 2.50. The van der Waals surface area contributed by atoms with E-state index in [1.165, 1.54) is 7.11 Å². The van der Waals surface area contributed by atoms with Crippen LogP contribution < -0.4 is 14.8 Å². The lowest BCUT2D eigenvalue weighted by Crippen LogP contribution is -2.30. The van der Waals surface area contributed by atoms with Crippen LogP contribution in [0.2, 0.25) is 0 Å². The van der Waals surface area contributed by atoms with Gasteiger partial charge in [-0.15, -0.1) is 0 Å². The summed E-state index contributed by atoms with van der Waals surface area (Å²) in [5.41, 5.74) is 3.05. The van der Waals surface area contributed by atoms with Crippen LogP contribution in [0.1, 0.15) is 39.9 Å². The first-order chi connectivity index (χ1) is 16.4. The number of fused-ring (bicyclic) bond motifs is 3. The van der Waals surface area contributed by atoms with Crippen molar-refractivity contribution in [2.75, 3.05) is 17.1 Å². The number of ether oxygens (including phenoxy) is 1. The minimum atomic E-state index is -3.85. The summed E-state index contributed by atoms with van der Waals surface area (Å²) >= 11 is 0. The van der Waals surface area contributed by atoms with Gasteiger partial charge in [-0.25, -0.2) is 13.2 Å². The van der Waals surface area contributed by atoms with Crippen molar-refractivity contribution in [3.63, 3.8) is 0 Å². The van der Waals surface area contributed by atoms with Gasteiger partial charge in [0.1, 0.15) is 5.75 Å². The fourth-order valence-electron chi connectivity index (χ4n) is 4.94. The van der Waals surface area contributed by atoms with Crippen molar-refractivity contribution < 1.29 is 23.1 Å². The third-order valence-electron chi connectivity index (χ3n) is 6.52. The number of sulfonamides is 1. The predicted octanol–water partition coefficient (Wildman–Crippen LogP) is 5.02. The number of hydrogen-bond donors (Lipinski definition) is 3. The van der Waals surface area contributed by atoms with E-state index in [4.69, 9.17) is 4.74 Å². The summed E-state index contributed by atoms with van der Waals surface area (Å²) in [7, 11) is -2.36. The summed E-state index contributed by atoms with van der Waals surface area (Å²) in [6.45, 7) is 0. The molecule has 7 nitrogen and oxygen atoms in total. The second-order valence-corrected chi connectivity index (χ2v) is 10.1. The van der Waals surface area contributed by atoms with Gasteiger partial charge in [0.05, 0.1) is 29.3 Å². The zero-order chi connectivity index (χ0) is 23.9. The molecule has 0 saturated carbocycles. The highest BCUT2D eigenvalue weighted by atomic mass is 32.2. The predicted molar refractivity (Wildman–Crippen MR) is 130 cm³/mol. The molecule has 0 bridgehead atoms. The molecule has 1 heterocycles. The van der Waals surface area contributed by atoms with Crippen LogP contribution in [0.25, 0.3) is 0 Å². The molecule has 1 aliphatic heterocycles. The van der Waals surface area contributed by atoms with Crippen LogP contribution in [0.15, 0.2) is 83.8 Å². The molecule has 0 fully saturated rings. The number of benzene rings is 3. The summed E-state index contributed by atoms with van der Waals surface area (Å²) in [6, 6.07) is 18.7. The number of carboxylic acids is 1. The lowest BCUT2D eigenvalue weighted by atomic mass is 9.76. The van der Waals surface area contributed by atoms with Crippen molar-refractivity contribution in [1.82, 2.24) is 0 Å². The maximum Gasteiger partial charge on any atom is 0.336 e. The van der Waals surface area contributed by atoms with Crippen LogP contribution in [0.4, 0.5) is 11.4 Å². The van der Waals surface area contributed by atoms with Gasteiger partial charge < -0.3 is 15.2 Å². The van der Waals surface area contributed by atoms with E-state index in [1.807, 2.05) is 12.1 Å². The minimum absolute atomic E-state index is 0.0236. The molecule has 8 heteroatoms. The van der Waals surface area contributed by atoms with Gasteiger partial charge in [0.25, 0.3) is 10.0 Å². The van der Waals surface area contributed by atoms with E-state index in [0.717, 1.165) is 23.2 Å². The number of anilines is 2. The number of carboxylic acid groups (broad SMARTS) is 1. The van der Waals surface area contributed by atoms with Gasteiger partial charge in [-0.1, -0.05) is 42.5 Å². The van der Waals surface area contributed by atoms with Crippen LogP contribution in [0.3, 0.4) is 0 Å². The molecular weight excluding hydrogens is 452 g/mol. The molecule has 3 atom stereocenters. The monoisotopic (exact) mass is 476 g/mol. The summed E-state index contributed by atoms with van der Waals surface area (Å²) in [5, 5.41) is 13.2. The first-order valence-corrected chi connectivity index (χ1v) is 12.4. The van der Waals surface area contributed by atoms with Crippen molar-refractivity contribution in [3.05, 3.63) is 95.6 Å². The Morgan fingerprint density at radius 1 is 1.06 bits per heavy atom. The molecule has 0 radical (unpaired) electrons. The maximum absolute atomic E-state index is 13.2. The van der Waals surface area contributed by atoms with E-state index in [1.54, 1.807) is 54.6 Å². The fourth-order valence-corrected chi connectivity index (χ4v) is 6.05. The van der Waals surface area contributed by atoms with Crippen LogP contribution in [-0.4, -0.2) is 26.6 Å². The van der Waals surface area contributed by atoms with E-state index < -0.39 is 16.0 Å². The Morgan fingerprint density at radius 3 is 2.62 bits per heavy atom. The summed E-state index contributed by atoms with van der Waals surface area (Å²) in [5.74, 6) is -0.475. The molecule has 174 valence electrons. The fraction of sp³-hybridized carbons (Fsp3) is 0.192. The smallest absolute Gasteiger partial charge is 0.336 e. The quantitative estimate of drug-likeness (QED) is 0.432. The zero-order valence-corrected chi connectivity index (χ0v) is 19.2. The second-order valence-electron chi connectivity index (χ2n) is 8.42. The third kappa shape index (κ3) is 3.80. The Kier molecular flexibility index (Phi) is 5.53. The normalized spacial score (nSPS) is 20.7. The van der Waals surface area contributed by atoms with Crippen molar-refractivity contribution in [1.29, 1.82) is 0 Å². The molecule has 0 aromatic heterocycles. The van der Waals surface area contributed by atoms with E-state index in [0.29, 0.717) is 11.4 Å². The summed E-state index contributed by atoms with van der Waals surface area (Å²) in [6.07, 6.45) is 4.94. The van der Waals surface area contributed by atoms with Crippen LogP contribution in [0, 0.1) is 5.92 Å². The molecule has 3 aromatic rings. The van der Waals surface area contributed by atoms with Crippen LogP contribution >= 0.6 is 0 Å². The molecule has 0 spiro atoms. The molecule has 2 aliphatic rings. The summed E-state index contributed by atoms with van der Waals surface area (Å²) in [4.78, 5) is 12.0. The zero-order valence-electron chi connectivity index (χ0n) is 18.4. The van der Waals surface area contributed by atoms with Crippen LogP contribution in [0.5, 0.6) is 5.75 Å². The Morgan fingerprint density at radius 2 is 1.82 bits per heavy atom. The number of aromatic carboxylic acids is 1. The molecule has 0 saturated heterocycles. The van der Waals surface area contributed by atoms with Crippen molar-refractivity contribution >= 4 is 27.4 Å². The number of para-hydroxylation sites is 2. The molecule has 1 aliphatic carbocycles. The summed E-state index contributed by atoms with van der Waals surface area (Å²) < 4.78 is 34.3. The average Bonchev–Trinajstić information content (AvgIpc) is 3.34. The van der Waals surface area contributed by atoms with Crippen molar-refractivity contribution in [3.8, 4) is 5.75 Å². The van der Waals surface area contributed by atoms with Gasteiger partial charge in [-0.2, -0.15) is 0 Å². The lowest BCUT2D eigenvalue weighted by molar-refractivity contribution is 0.0694. The largest absolute Gasteiger partial charge is 0.495 e. The average molecular weight is 477 g/mol. The first kappa shape index (κ1) is 22.0. The number of carbonyl (C=O) groups is 1. The first-order valence-electron chi connectivity index (χ1n) is 10.9. The van der Waals surface area contributed by atoms with Gasteiger partial charge in [-0.05, 0) is 59.9 Å². The standard InChI is InChI=1S/C26H24N2O5S/c1-33-24-12-5-4-11-23(24)28-34(31,32)16-13-14-22-21(15-16)17-9-6-10-18(17)25(27-22)19-7-2-3-8-20(19)26(29)30/h2-9,11-15,17-18,25,27-28H,10H2,1H3,(H,29,30)/t17-,18+,25+/m0/s1. The number of hydrogen-bond acceptors (Lipinski definition) is 5. The Balaban J connectivity index is 1.51. The van der Waals surface area contributed by atoms with Crippen molar-refractivity contribution in [2.24, 2.45) is 5.92 Å². The molecule has 0 amide bonds. The van der Waals surface area contributed by atoms with Gasteiger partial charge >= 0.3 is 5.97 Å². The Labute approximate surface area is 198 Å². The van der Waals surface area contributed by atoms with E-state index in [9.17, 15) is 18.3 Å². The van der Waals surface area contributed by atoms with Gasteiger partial charge in [-0.3, -0.25) is 4.72 Å². The third-order valence-corrected chi connectivity index (χ3v) is 7.89. The number of nitrogens with one attached hydrogen (secondary N) is 2. The SMILES string of the molecule is COc1ccccc1NS(=O)(=O)c1ccc2c(c1)[C@H]1C=CC[C@H]1[C@H](c1ccccc1C(=O)O)N2. The molecule has 3 N–H and O–H groups in total. The Bertz CT molecular complexity index is 1400. The van der Waals surface area contributed by atoms with E-state index >= 15 is 0 Å². The molecule has 34 heavy (non-hydrogen) atoms. The highest BCUT2D eigenvalue weighted by molar-refractivity contribution is 7.92. The lowest BCUT2D eigenvalue weighted by Gasteiger charge is -2.38. The second kappa shape index (κ2) is 8.53. The maximum atomic E-state index is 13.2.